The first-order valence-corrected chi connectivity index (χ1v) is 7.08. The van der Waals surface area contributed by atoms with Gasteiger partial charge in [0.05, 0.1) is 23.8 Å². The van der Waals surface area contributed by atoms with E-state index in [1.54, 1.807) is 13.2 Å². The molecular weight excluding hydrogens is 415 g/mol. The van der Waals surface area contributed by atoms with Crippen LogP contribution < -0.4 is 5.32 Å². The Kier molecular flexibility index (Phi) is 7.21. The Balaban J connectivity index is 0.00000242. The minimum atomic E-state index is 0. The summed E-state index contributed by atoms with van der Waals surface area (Å²) in [6, 6.07) is 3.95. The summed E-state index contributed by atoms with van der Waals surface area (Å²) < 4.78 is 3.87. The monoisotopic (exact) mass is 436 g/mol. The van der Waals surface area contributed by atoms with Crippen molar-refractivity contribution in [1.29, 1.82) is 0 Å². The Morgan fingerprint density at radius 2 is 2.14 bits per heavy atom. The number of aromatic nitrogens is 3. The molecule has 0 fully saturated rings. The van der Waals surface area contributed by atoms with E-state index in [2.05, 4.69) is 20.3 Å². The van der Waals surface area contributed by atoms with Crippen LogP contribution in [0.5, 0.6) is 0 Å². The summed E-state index contributed by atoms with van der Waals surface area (Å²) in [6.45, 7) is 1.41. The molecule has 1 N–H and O–H groups in total. The van der Waals surface area contributed by atoms with Crippen molar-refractivity contribution in [1.82, 2.24) is 24.6 Å². The first-order valence-electron chi connectivity index (χ1n) is 6.70. The topological polar surface area (TPSA) is 50.4 Å². The number of hydrogen-bond acceptors (Lipinski definition) is 2. The third-order valence-corrected chi connectivity index (χ3v) is 3.60. The maximum absolute atomic E-state index is 6.01. The summed E-state index contributed by atoms with van der Waals surface area (Å²) >= 11 is 6.01. The van der Waals surface area contributed by atoms with Gasteiger partial charge in [0.2, 0.25) is 0 Å². The minimum Gasteiger partial charge on any atom is -0.351 e. The molecular formula is C14H22ClIN6. The summed E-state index contributed by atoms with van der Waals surface area (Å²) in [5.74, 6) is 0.827. The number of aliphatic imine (C=N–C) groups is 1. The Hall–Kier alpha value is -1.22. The summed E-state index contributed by atoms with van der Waals surface area (Å²) in [7, 11) is 7.69. The Morgan fingerprint density at radius 3 is 2.64 bits per heavy atom. The van der Waals surface area contributed by atoms with Crippen LogP contribution >= 0.6 is 35.6 Å². The van der Waals surface area contributed by atoms with Gasteiger partial charge in [0, 0.05) is 46.3 Å². The number of aryl methyl sites for hydroxylation is 2. The minimum absolute atomic E-state index is 0. The normalized spacial score (nSPS) is 11.2. The van der Waals surface area contributed by atoms with Crippen LogP contribution in [0, 0.1) is 0 Å². The van der Waals surface area contributed by atoms with Crippen molar-refractivity contribution in [3.8, 4) is 0 Å². The largest absolute Gasteiger partial charge is 0.351 e. The maximum Gasteiger partial charge on any atom is 0.194 e. The highest BCUT2D eigenvalue weighted by Gasteiger charge is 2.10. The van der Waals surface area contributed by atoms with Crippen LogP contribution in [0.1, 0.15) is 11.4 Å². The van der Waals surface area contributed by atoms with Crippen molar-refractivity contribution in [2.24, 2.45) is 19.1 Å². The SMILES string of the molecule is CN=C(NCc1ccnn1C)N(C)Cc1cc(Cl)cn1C.I. The van der Waals surface area contributed by atoms with E-state index < -0.39 is 0 Å². The zero-order chi connectivity index (χ0) is 15.4. The Morgan fingerprint density at radius 1 is 1.41 bits per heavy atom. The third kappa shape index (κ3) is 4.64. The van der Waals surface area contributed by atoms with E-state index in [9.17, 15) is 0 Å². The molecule has 0 aliphatic carbocycles. The molecule has 122 valence electrons. The summed E-state index contributed by atoms with van der Waals surface area (Å²) in [5.41, 5.74) is 2.23. The van der Waals surface area contributed by atoms with Crippen molar-refractivity contribution in [2.45, 2.75) is 13.1 Å². The van der Waals surface area contributed by atoms with Gasteiger partial charge >= 0.3 is 0 Å². The van der Waals surface area contributed by atoms with Gasteiger partial charge in [0.25, 0.3) is 0 Å². The second kappa shape index (κ2) is 8.42. The van der Waals surface area contributed by atoms with Crippen molar-refractivity contribution in [3.63, 3.8) is 0 Å². The van der Waals surface area contributed by atoms with Crippen molar-refractivity contribution < 1.29 is 0 Å². The van der Waals surface area contributed by atoms with E-state index in [4.69, 9.17) is 11.6 Å². The van der Waals surface area contributed by atoms with Crippen LogP contribution in [0.15, 0.2) is 29.5 Å². The molecule has 8 heteroatoms. The molecule has 0 saturated heterocycles. The summed E-state index contributed by atoms with van der Waals surface area (Å²) in [4.78, 5) is 6.37. The third-order valence-electron chi connectivity index (χ3n) is 3.40. The summed E-state index contributed by atoms with van der Waals surface area (Å²) in [5, 5.41) is 8.23. The van der Waals surface area contributed by atoms with E-state index in [1.807, 2.05) is 48.7 Å². The van der Waals surface area contributed by atoms with Gasteiger partial charge in [-0.15, -0.1) is 24.0 Å². The highest BCUT2D eigenvalue weighted by molar-refractivity contribution is 14.0. The molecule has 2 aromatic rings. The van der Waals surface area contributed by atoms with E-state index in [1.165, 1.54) is 0 Å². The first-order chi connectivity index (χ1) is 10.0. The molecule has 0 amide bonds. The average molecular weight is 437 g/mol. The number of halogens is 2. The predicted molar refractivity (Wildman–Crippen MR) is 101 cm³/mol. The number of guanidine groups is 1. The molecule has 0 bridgehead atoms. The van der Waals surface area contributed by atoms with E-state index in [-0.39, 0.29) is 24.0 Å². The molecule has 0 aliphatic rings. The van der Waals surface area contributed by atoms with Crippen molar-refractivity contribution >= 4 is 41.5 Å². The molecule has 2 rings (SSSR count). The van der Waals surface area contributed by atoms with Gasteiger partial charge in [-0.2, -0.15) is 5.10 Å². The predicted octanol–water partition coefficient (Wildman–Crippen LogP) is 2.24. The molecule has 0 spiro atoms. The molecule has 22 heavy (non-hydrogen) atoms. The second-order valence-electron chi connectivity index (χ2n) is 4.96. The van der Waals surface area contributed by atoms with Crippen LogP contribution in [0.3, 0.4) is 0 Å². The molecule has 2 aromatic heterocycles. The second-order valence-corrected chi connectivity index (χ2v) is 5.40. The molecule has 6 nitrogen and oxygen atoms in total. The molecule has 0 unspecified atom stereocenters. The Labute approximate surface area is 153 Å². The lowest BCUT2D eigenvalue weighted by atomic mass is 10.4. The highest BCUT2D eigenvalue weighted by atomic mass is 127. The van der Waals surface area contributed by atoms with Gasteiger partial charge in [0.1, 0.15) is 0 Å². The van der Waals surface area contributed by atoms with Crippen LogP contribution in [0.4, 0.5) is 0 Å². The van der Waals surface area contributed by atoms with Gasteiger partial charge < -0.3 is 14.8 Å². The van der Waals surface area contributed by atoms with Crippen molar-refractivity contribution in [3.05, 3.63) is 40.9 Å². The lowest BCUT2D eigenvalue weighted by Gasteiger charge is -2.22. The molecule has 0 saturated carbocycles. The van der Waals surface area contributed by atoms with Crippen LogP contribution in [-0.4, -0.2) is 39.3 Å². The van der Waals surface area contributed by atoms with Gasteiger partial charge in [-0.3, -0.25) is 9.67 Å². The van der Waals surface area contributed by atoms with E-state index >= 15 is 0 Å². The van der Waals surface area contributed by atoms with E-state index in [0.29, 0.717) is 6.54 Å². The van der Waals surface area contributed by atoms with Gasteiger partial charge in [-0.25, -0.2) is 0 Å². The fraction of sp³-hybridized carbons (Fsp3) is 0.429. The number of nitrogens with one attached hydrogen (secondary N) is 1. The van der Waals surface area contributed by atoms with Crippen molar-refractivity contribution in [2.75, 3.05) is 14.1 Å². The highest BCUT2D eigenvalue weighted by Crippen LogP contribution is 2.14. The summed E-state index contributed by atoms with van der Waals surface area (Å²) in [6.07, 6.45) is 3.69. The number of hydrogen-bond donors (Lipinski definition) is 1. The van der Waals surface area contributed by atoms with Gasteiger partial charge in [-0.05, 0) is 12.1 Å². The quantitative estimate of drug-likeness (QED) is 0.454. The molecule has 0 aromatic carbocycles. The molecule has 0 atom stereocenters. The smallest absolute Gasteiger partial charge is 0.194 e. The molecule has 0 aliphatic heterocycles. The van der Waals surface area contributed by atoms with Crippen LogP contribution in [0.2, 0.25) is 5.02 Å². The fourth-order valence-electron chi connectivity index (χ4n) is 2.17. The average Bonchev–Trinajstić information content (AvgIpc) is 2.97. The van der Waals surface area contributed by atoms with Crippen LogP contribution in [0.25, 0.3) is 0 Å². The molecule has 2 heterocycles. The standard InChI is InChI=1S/C14H21ClN6.HI/c1-16-14(17-8-12-5-6-18-21(12)4)20(3)10-13-7-11(15)9-19(13)2;/h5-7,9H,8,10H2,1-4H3,(H,16,17);1H. The maximum atomic E-state index is 6.01. The zero-order valence-electron chi connectivity index (χ0n) is 13.2. The van der Waals surface area contributed by atoms with Crippen LogP contribution in [-0.2, 0) is 27.2 Å². The lowest BCUT2D eigenvalue weighted by Crippen LogP contribution is -2.38. The van der Waals surface area contributed by atoms with Gasteiger partial charge in [0.15, 0.2) is 5.96 Å². The molecule has 0 radical (unpaired) electrons. The zero-order valence-corrected chi connectivity index (χ0v) is 16.3. The number of nitrogens with zero attached hydrogens (tertiary/aromatic N) is 5. The number of rotatable bonds is 4. The van der Waals surface area contributed by atoms with Gasteiger partial charge in [-0.1, -0.05) is 11.6 Å². The fourth-order valence-corrected chi connectivity index (χ4v) is 2.44. The Bertz CT molecular complexity index is 633. The lowest BCUT2D eigenvalue weighted by molar-refractivity contribution is 0.460. The van der Waals surface area contributed by atoms with E-state index in [0.717, 1.165) is 28.9 Å². The first kappa shape index (κ1) is 18.8.